The van der Waals surface area contributed by atoms with Gasteiger partial charge in [0, 0.05) is 12.6 Å². The largest absolute Gasteiger partial charge is 0.497 e. The van der Waals surface area contributed by atoms with E-state index in [1.807, 2.05) is 12.1 Å². The smallest absolute Gasteiger partial charge is 0.360 e. The molecule has 0 amide bonds. The Labute approximate surface area is 230 Å². The number of hydrogen-bond donors (Lipinski definition) is 0. The fourth-order valence-electron chi connectivity index (χ4n) is 5.06. The molecular formula is C27H30BrFN2O6S. The predicted molar refractivity (Wildman–Crippen MR) is 143 cm³/mol. The molecule has 0 unspecified atom stereocenters. The van der Waals surface area contributed by atoms with Gasteiger partial charge in [0.1, 0.15) is 17.8 Å². The van der Waals surface area contributed by atoms with Crippen molar-refractivity contribution in [1.82, 2.24) is 9.29 Å². The molecule has 11 heteroatoms. The highest BCUT2D eigenvalue weighted by Gasteiger charge is 2.48. The van der Waals surface area contributed by atoms with Crippen LogP contribution < -0.4 is 4.74 Å². The highest BCUT2D eigenvalue weighted by molar-refractivity contribution is 9.10. The lowest BCUT2D eigenvalue weighted by molar-refractivity contribution is 0.0519. The molecule has 38 heavy (non-hydrogen) atoms. The number of aromatic nitrogens is 1. The molecule has 1 aliphatic rings. The van der Waals surface area contributed by atoms with Crippen molar-refractivity contribution in [1.29, 1.82) is 0 Å². The second-order valence-electron chi connectivity index (χ2n) is 9.52. The summed E-state index contributed by atoms with van der Waals surface area (Å²) in [7, 11) is -2.00. The first-order valence-corrected chi connectivity index (χ1v) is 14.9. The lowest BCUT2D eigenvalue weighted by Crippen LogP contribution is -2.39. The summed E-state index contributed by atoms with van der Waals surface area (Å²) in [6.45, 7) is 2.11. The molecule has 4 rings (SSSR count). The van der Waals surface area contributed by atoms with Crippen LogP contribution in [0.15, 0.2) is 57.6 Å². The molecular weight excluding hydrogens is 579 g/mol. The van der Waals surface area contributed by atoms with Crippen LogP contribution in [0.2, 0.25) is 0 Å². The average molecular weight is 610 g/mol. The van der Waals surface area contributed by atoms with Gasteiger partial charge < -0.3 is 13.9 Å². The van der Waals surface area contributed by atoms with Crippen molar-refractivity contribution >= 4 is 31.9 Å². The van der Waals surface area contributed by atoms with Gasteiger partial charge in [-0.15, -0.1) is 0 Å². The van der Waals surface area contributed by atoms with E-state index < -0.39 is 21.4 Å². The van der Waals surface area contributed by atoms with E-state index in [9.17, 15) is 17.6 Å². The van der Waals surface area contributed by atoms with Crippen molar-refractivity contribution in [2.45, 2.75) is 50.6 Å². The van der Waals surface area contributed by atoms with Gasteiger partial charge in [-0.25, -0.2) is 22.6 Å². The molecule has 0 aliphatic heterocycles. The predicted octanol–water partition coefficient (Wildman–Crippen LogP) is 5.26. The van der Waals surface area contributed by atoms with Gasteiger partial charge in [-0.1, -0.05) is 18.2 Å². The summed E-state index contributed by atoms with van der Waals surface area (Å²) in [6, 6.07) is 11.7. The molecule has 8 nitrogen and oxygen atoms in total. The summed E-state index contributed by atoms with van der Waals surface area (Å²) in [5.74, 6) is 0.0530. The number of rotatable bonds is 10. The number of methoxy groups -OCH3 is 1. The number of ether oxygens (including phenoxy) is 2. The summed E-state index contributed by atoms with van der Waals surface area (Å²) in [6.07, 6.45) is 4.43. The van der Waals surface area contributed by atoms with Crippen LogP contribution in [0.4, 0.5) is 4.39 Å². The Morgan fingerprint density at radius 3 is 2.58 bits per heavy atom. The van der Waals surface area contributed by atoms with Crippen molar-refractivity contribution in [3.63, 3.8) is 0 Å². The first kappa shape index (κ1) is 28.3. The third kappa shape index (κ3) is 6.27. The monoisotopic (exact) mass is 608 g/mol. The van der Waals surface area contributed by atoms with Crippen LogP contribution in [0.1, 0.15) is 53.7 Å². The molecule has 1 fully saturated rings. The van der Waals surface area contributed by atoms with Crippen molar-refractivity contribution < 1.29 is 31.5 Å². The van der Waals surface area contributed by atoms with Crippen LogP contribution in [-0.2, 0) is 33.1 Å². The molecule has 1 aliphatic carbocycles. The molecule has 0 saturated heterocycles. The van der Waals surface area contributed by atoms with Crippen LogP contribution in [-0.4, -0.2) is 49.7 Å². The quantitative estimate of drug-likeness (QED) is 0.290. The van der Waals surface area contributed by atoms with Crippen molar-refractivity contribution in [3.8, 4) is 5.75 Å². The molecule has 1 aromatic heterocycles. The minimum Gasteiger partial charge on any atom is -0.497 e. The van der Waals surface area contributed by atoms with Crippen LogP contribution in [0.5, 0.6) is 5.75 Å². The Morgan fingerprint density at radius 2 is 1.95 bits per heavy atom. The molecule has 1 heterocycles. The second kappa shape index (κ2) is 11.5. The fraction of sp³-hybridized carbons (Fsp3) is 0.407. The maximum Gasteiger partial charge on any atom is 0.360 e. The lowest BCUT2D eigenvalue weighted by atomic mass is 9.79. The molecule has 2 atom stereocenters. The van der Waals surface area contributed by atoms with Crippen molar-refractivity contribution in [3.05, 3.63) is 81.7 Å². The van der Waals surface area contributed by atoms with Gasteiger partial charge in [-0.05, 0) is 83.9 Å². The van der Waals surface area contributed by atoms with Gasteiger partial charge in [-0.2, -0.15) is 4.31 Å². The number of carbonyl (C=O) groups excluding carboxylic acids is 1. The van der Waals surface area contributed by atoms with Crippen molar-refractivity contribution in [2.24, 2.45) is 0 Å². The summed E-state index contributed by atoms with van der Waals surface area (Å²) in [4.78, 5) is 16.8. The van der Waals surface area contributed by atoms with E-state index in [4.69, 9.17) is 13.9 Å². The Morgan fingerprint density at radius 1 is 1.24 bits per heavy atom. The molecule has 0 bridgehead atoms. The van der Waals surface area contributed by atoms with E-state index in [0.29, 0.717) is 41.8 Å². The van der Waals surface area contributed by atoms with Crippen molar-refractivity contribution in [2.75, 3.05) is 20.0 Å². The van der Waals surface area contributed by atoms with Crippen LogP contribution in [0, 0.1) is 5.82 Å². The molecule has 204 valence electrons. The third-order valence-electron chi connectivity index (χ3n) is 6.88. The van der Waals surface area contributed by atoms with E-state index in [0.717, 1.165) is 11.1 Å². The van der Waals surface area contributed by atoms with Gasteiger partial charge in [0.25, 0.3) is 0 Å². The first-order chi connectivity index (χ1) is 18.0. The van der Waals surface area contributed by atoms with E-state index in [1.165, 1.54) is 22.9 Å². The summed E-state index contributed by atoms with van der Waals surface area (Å²) in [5.41, 5.74) is 1.01. The highest BCUT2D eigenvalue weighted by atomic mass is 79.9. The number of benzene rings is 2. The molecule has 0 N–H and O–H groups in total. The van der Waals surface area contributed by atoms with Gasteiger partial charge in [0.15, 0.2) is 5.69 Å². The van der Waals surface area contributed by atoms with E-state index in [-0.39, 0.29) is 30.7 Å². The average Bonchev–Trinajstić information content (AvgIpc) is 3.54. The normalized spacial score (nSPS) is 19.6. The van der Waals surface area contributed by atoms with E-state index in [1.54, 1.807) is 38.3 Å². The zero-order valence-electron chi connectivity index (χ0n) is 21.4. The minimum atomic E-state index is -3.58. The lowest BCUT2D eigenvalue weighted by Gasteiger charge is -2.30. The molecule has 0 spiro atoms. The van der Waals surface area contributed by atoms with Gasteiger partial charge in [-0.3, -0.25) is 0 Å². The maximum absolute atomic E-state index is 13.9. The molecule has 0 radical (unpaired) electrons. The standard InChI is InChI=1S/C27H30BrFN2O6S/c1-4-36-25(32)24-17-37-26(30-24)27(14-19-7-10-23(29)22(28)13-19)12-11-20(15-27)31(38(3,33)34)16-18-5-8-21(35-2)9-6-18/h5-10,13,17,20H,4,11-12,14-16H2,1-3H3/t20-,27+/m0/s1. The topological polar surface area (TPSA) is 98.9 Å². The minimum absolute atomic E-state index is 0.0585. The van der Waals surface area contributed by atoms with Crippen LogP contribution in [0.3, 0.4) is 0 Å². The number of carbonyl (C=O) groups is 1. The maximum atomic E-state index is 13.9. The number of sulfonamides is 1. The van der Waals surface area contributed by atoms with E-state index in [2.05, 4.69) is 20.9 Å². The fourth-order valence-corrected chi connectivity index (χ4v) is 6.59. The number of nitrogens with zero attached hydrogens (tertiary/aromatic N) is 2. The number of esters is 1. The molecule has 2 aromatic carbocycles. The Kier molecular flexibility index (Phi) is 8.59. The highest BCUT2D eigenvalue weighted by Crippen LogP contribution is 2.46. The Bertz CT molecular complexity index is 1390. The van der Waals surface area contributed by atoms with Crippen LogP contribution >= 0.6 is 15.9 Å². The first-order valence-electron chi connectivity index (χ1n) is 12.2. The zero-order chi connectivity index (χ0) is 27.5. The Balaban J connectivity index is 1.68. The SMILES string of the molecule is CCOC(=O)c1coc([C@@]2(Cc3ccc(F)c(Br)c3)CC[C@H](N(Cc3ccc(OC)cc3)S(C)(=O)=O)C2)n1. The molecule has 3 aromatic rings. The van der Waals surface area contributed by atoms with E-state index >= 15 is 0 Å². The summed E-state index contributed by atoms with van der Waals surface area (Å²) in [5, 5.41) is 0. The zero-order valence-corrected chi connectivity index (χ0v) is 23.8. The van der Waals surface area contributed by atoms with Gasteiger partial charge in [0.2, 0.25) is 15.9 Å². The summed E-state index contributed by atoms with van der Waals surface area (Å²) >= 11 is 3.25. The second-order valence-corrected chi connectivity index (χ2v) is 12.3. The Hall–Kier alpha value is -2.76. The van der Waals surface area contributed by atoms with Gasteiger partial charge in [0.05, 0.1) is 29.9 Å². The molecule has 1 saturated carbocycles. The third-order valence-corrected chi connectivity index (χ3v) is 8.77. The van der Waals surface area contributed by atoms with Crippen LogP contribution in [0.25, 0.3) is 0 Å². The number of halogens is 2. The van der Waals surface area contributed by atoms with Gasteiger partial charge >= 0.3 is 5.97 Å². The number of oxazole rings is 1. The summed E-state index contributed by atoms with van der Waals surface area (Å²) < 4.78 is 57.8. The number of hydrogen-bond acceptors (Lipinski definition) is 7.